The molecule has 398 valence electrons. The number of nitrogens with zero attached hydrogens (tertiary/aromatic N) is 2. The number of hydrogen-bond acceptors (Lipinski definition) is 2. The summed E-state index contributed by atoms with van der Waals surface area (Å²) in [5, 5.41) is 5.03. The van der Waals surface area contributed by atoms with Gasteiger partial charge in [-0.3, -0.25) is 0 Å². The lowest BCUT2D eigenvalue weighted by molar-refractivity contribution is 1.28. The number of hydrogen-bond donors (Lipinski definition) is 0. The molecule has 0 atom stereocenters. The largest absolute Gasteiger partial charge is 0.311 e. The van der Waals surface area contributed by atoms with E-state index in [1.807, 2.05) is 0 Å². The predicted molar refractivity (Wildman–Crippen MR) is 358 cm³/mol. The molecule has 0 unspecified atom stereocenters. The summed E-state index contributed by atoms with van der Waals surface area (Å²) in [6, 6.07) is 119. The summed E-state index contributed by atoms with van der Waals surface area (Å²) in [7, 11) is 0. The van der Waals surface area contributed by atoms with Crippen LogP contribution in [-0.4, -0.2) is 0 Å². The minimum absolute atomic E-state index is 1.07. The third-order valence-corrected chi connectivity index (χ3v) is 16.4. The molecule has 14 aromatic rings. The molecule has 2 heteroatoms. The zero-order chi connectivity index (χ0) is 56.3. The van der Waals surface area contributed by atoms with E-state index in [-0.39, 0.29) is 0 Å². The molecule has 0 bridgehead atoms. The van der Waals surface area contributed by atoms with Crippen LogP contribution in [0.25, 0.3) is 99.4 Å². The minimum Gasteiger partial charge on any atom is -0.311 e. The van der Waals surface area contributed by atoms with Crippen molar-refractivity contribution in [3.8, 4) is 77.9 Å². The van der Waals surface area contributed by atoms with Gasteiger partial charge in [-0.05, 0) is 192 Å². The van der Waals surface area contributed by atoms with Crippen molar-refractivity contribution in [3.63, 3.8) is 0 Å². The van der Waals surface area contributed by atoms with Crippen LogP contribution in [0.4, 0.5) is 34.1 Å². The predicted octanol–water partition coefficient (Wildman–Crippen LogP) is 23.2. The van der Waals surface area contributed by atoms with Crippen molar-refractivity contribution in [2.75, 3.05) is 9.80 Å². The van der Waals surface area contributed by atoms with Gasteiger partial charge in [0.25, 0.3) is 0 Å². The fourth-order valence-electron chi connectivity index (χ4n) is 12.1. The van der Waals surface area contributed by atoms with E-state index in [4.69, 9.17) is 0 Å². The van der Waals surface area contributed by atoms with Crippen molar-refractivity contribution in [2.45, 2.75) is 13.8 Å². The van der Waals surface area contributed by atoms with Gasteiger partial charge >= 0.3 is 0 Å². The van der Waals surface area contributed by atoms with E-state index in [2.05, 4.69) is 351 Å². The van der Waals surface area contributed by atoms with E-state index in [1.54, 1.807) is 0 Å². The molecule has 0 aromatic heterocycles. The maximum Gasteiger partial charge on any atom is 0.0462 e. The van der Waals surface area contributed by atoms with Crippen LogP contribution in [-0.2, 0) is 0 Å². The fourth-order valence-corrected chi connectivity index (χ4v) is 12.1. The molecule has 14 rings (SSSR count). The molecule has 0 aliphatic heterocycles. The monoisotopic (exact) mass is 1070 g/mol. The summed E-state index contributed by atoms with van der Waals surface area (Å²) in [5.74, 6) is 0. The zero-order valence-electron chi connectivity index (χ0n) is 47.1. The highest BCUT2D eigenvalue weighted by molar-refractivity contribution is 6.13. The van der Waals surface area contributed by atoms with Crippen molar-refractivity contribution in [1.29, 1.82) is 0 Å². The van der Waals surface area contributed by atoms with Crippen LogP contribution >= 0.6 is 0 Å². The summed E-state index contributed by atoms with van der Waals surface area (Å²) >= 11 is 0. The van der Waals surface area contributed by atoms with Crippen molar-refractivity contribution in [3.05, 3.63) is 339 Å². The Morgan fingerprint density at radius 3 is 0.774 bits per heavy atom. The summed E-state index contributed by atoms with van der Waals surface area (Å²) in [4.78, 5) is 4.71. The highest BCUT2D eigenvalue weighted by Gasteiger charge is 2.18. The maximum absolute atomic E-state index is 2.37. The molecular weight excluding hydrogens is 1010 g/mol. The lowest BCUT2D eigenvalue weighted by Crippen LogP contribution is -2.10. The Bertz CT molecular complexity index is 4470. The maximum atomic E-state index is 2.37. The molecule has 0 fully saturated rings. The SMILES string of the molecule is Cc1cc(C)cc(-c2ccc(-c3ccc(-c4ccc(N(c5ccc(-c6ccc(N(c7ccc(-c8ccccc8)cc7)c7ccc(-c8ccccc8)cc7)cc6)cc5)c5ccc(-c6cc7ccccc7c7ccccc67)cc5)cc4)cc3)cc2)c1. The molecule has 0 N–H and O–H groups in total. The number of benzene rings is 14. The van der Waals surface area contributed by atoms with Gasteiger partial charge in [-0.25, -0.2) is 0 Å². The van der Waals surface area contributed by atoms with Crippen LogP contribution in [0.3, 0.4) is 0 Å². The third-order valence-electron chi connectivity index (χ3n) is 16.4. The van der Waals surface area contributed by atoms with E-state index in [1.165, 1.54) is 99.4 Å². The second-order valence-electron chi connectivity index (χ2n) is 21.9. The highest BCUT2D eigenvalue weighted by atomic mass is 15.1. The first-order valence-corrected chi connectivity index (χ1v) is 28.9. The second kappa shape index (κ2) is 22.6. The Morgan fingerprint density at radius 2 is 0.429 bits per heavy atom. The van der Waals surface area contributed by atoms with Crippen LogP contribution in [0.15, 0.2) is 328 Å². The van der Waals surface area contributed by atoms with E-state index >= 15 is 0 Å². The van der Waals surface area contributed by atoms with E-state index in [0.717, 1.165) is 45.3 Å². The molecule has 14 aromatic carbocycles. The molecule has 0 saturated heterocycles. The summed E-state index contributed by atoms with van der Waals surface area (Å²) in [6.07, 6.45) is 0. The van der Waals surface area contributed by atoms with Crippen LogP contribution in [0.5, 0.6) is 0 Å². The van der Waals surface area contributed by atoms with Crippen molar-refractivity contribution >= 4 is 55.7 Å². The number of anilines is 6. The van der Waals surface area contributed by atoms with Gasteiger partial charge in [-0.2, -0.15) is 0 Å². The molecule has 0 radical (unpaired) electrons. The average Bonchev–Trinajstić information content (AvgIpc) is 3.26. The molecule has 2 nitrogen and oxygen atoms in total. The lowest BCUT2D eigenvalue weighted by Gasteiger charge is -2.27. The van der Waals surface area contributed by atoms with Gasteiger partial charge in [-0.1, -0.05) is 260 Å². The minimum atomic E-state index is 1.07. The van der Waals surface area contributed by atoms with Gasteiger partial charge in [-0.15, -0.1) is 0 Å². The van der Waals surface area contributed by atoms with Crippen LogP contribution in [0.1, 0.15) is 11.1 Å². The third kappa shape index (κ3) is 10.5. The molecule has 0 heterocycles. The Balaban J connectivity index is 0.772. The Hall–Kier alpha value is -10.8. The van der Waals surface area contributed by atoms with Gasteiger partial charge in [0.05, 0.1) is 0 Å². The molecule has 0 amide bonds. The molecular formula is C82H60N2. The summed E-state index contributed by atoms with van der Waals surface area (Å²) in [5.41, 5.74) is 25.8. The van der Waals surface area contributed by atoms with Gasteiger partial charge in [0.2, 0.25) is 0 Å². The molecule has 0 spiro atoms. The number of rotatable bonds is 13. The van der Waals surface area contributed by atoms with Crippen molar-refractivity contribution in [1.82, 2.24) is 0 Å². The topological polar surface area (TPSA) is 6.48 Å². The van der Waals surface area contributed by atoms with Crippen LogP contribution in [0.2, 0.25) is 0 Å². The van der Waals surface area contributed by atoms with Crippen molar-refractivity contribution < 1.29 is 0 Å². The first-order chi connectivity index (χ1) is 41.4. The molecule has 0 saturated carbocycles. The normalized spacial score (nSPS) is 11.2. The second-order valence-corrected chi connectivity index (χ2v) is 21.9. The van der Waals surface area contributed by atoms with Gasteiger partial charge in [0.1, 0.15) is 0 Å². The first-order valence-electron chi connectivity index (χ1n) is 28.9. The lowest BCUT2D eigenvalue weighted by atomic mass is 9.93. The van der Waals surface area contributed by atoms with E-state index in [0.29, 0.717) is 0 Å². The summed E-state index contributed by atoms with van der Waals surface area (Å²) < 4.78 is 0. The van der Waals surface area contributed by atoms with Gasteiger partial charge < -0.3 is 9.80 Å². The first kappa shape index (κ1) is 51.4. The molecule has 0 aliphatic carbocycles. The van der Waals surface area contributed by atoms with Crippen molar-refractivity contribution in [2.24, 2.45) is 0 Å². The average molecular weight is 1070 g/mol. The van der Waals surface area contributed by atoms with E-state index in [9.17, 15) is 0 Å². The zero-order valence-corrected chi connectivity index (χ0v) is 47.1. The quantitative estimate of drug-likeness (QED) is 0.106. The van der Waals surface area contributed by atoms with Gasteiger partial charge in [0, 0.05) is 34.1 Å². The Labute approximate surface area is 493 Å². The number of aryl methyl sites for hydroxylation is 2. The fraction of sp³-hybridized carbons (Fsp3) is 0.0244. The van der Waals surface area contributed by atoms with Crippen LogP contribution in [0, 0.1) is 13.8 Å². The Kier molecular flexibility index (Phi) is 13.8. The Morgan fingerprint density at radius 1 is 0.179 bits per heavy atom. The molecule has 84 heavy (non-hydrogen) atoms. The van der Waals surface area contributed by atoms with E-state index < -0.39 is 0 Å². The smallest absolute Gasteiger partial charge is 0.0462 e. The summed E-state index contributed by atoms with van der Waals surface area (Å²) in [6.45, 7) is 4.33. The number of fused-ring (bicyclic) bond motifs is 3. The highest BCUT2D eigenvalue weighted by Crippen LogP contribution is 2.42. The van der Waals surface area contributed by atoms with Gasteiger partial charge in [0.15, 0.2) is 0 Å². The standard InChI is InChI=1S/C82H60N2/c1-57-53-58(2)55-72(54-57)69-27-25-62(26-28-69)61-21-23-63(24-22-61)66-33-45-76(46-34-66)84(78-51-39-70(40-52-78)82-56-71-17-9-10-18-79(71)80-19-11-12-20-81(80)82)77-49-37-68(38-50-77)67-35-47-75(48-36-67)83(73-41-29-64(30-42-73)59-13-5-3-6-14-59)74-43-31-65(32-44-74)60-15-7-4-8-16-60/h3-56H,1-2H3. The molecule has 0 aliphatic rings. The van der Waals surface area contributed by atoms with Crippen LogP contribution < -0.4 is 9.80 Å².